The maximum Gasteiger partial charge on any atom is 0.250 e. The second-order valence-corrected chi connectivity index (χ2v) is 3.01. The Bertz CT molecular complexity index is 372. The van der Waals surface area contributed by atoms with Gasteiger partial charge in [-0.15, -0.1) is 0 Å². The third kappa shape index (κ3) is 3.92. The van der Waals surface area contributed by atoms with Crippen LogP contribution in [0.4, 0.5) is 14.5 Å². The van der Waals surface area contributed by atoms with Gasteiger partial charge in [-0.2, -0.15) is 0 Å². The van der Waals surface area contributed by atoms with Crippen LogP contribution in [0.2, 0.25) is 0 Å². The number of hydrogen-bond acceptors (Lipinski definition) is 3. The molecule has 0 saturated heterocycles. The predicted octanol–water partition coefficient (Wildman–Crippen LogP) is 0.879. The summed E-state index contributed by atoms with van der Waals surface area (Å²) in [7, 11) is 0. The molecule has 1 aromatic rings. The summed E-state index contributed by atoms with van der Waals surface area (Å²) in [6.45, 7) is 0.286. The van der Waals surface area contributed by atoms with Crippen molar-refractivity contribution in [3.63, 3.8) is 0 Å². The smallest absolute Gasteiger partial charge is 0.250 e. The van der Waals surface area contributed by atoms with Gasteiger partial charge in [-0.05, 0) is 12.1 Å². The Morgan fingerprint density at radius 3 is 2.88 bits per heavy atom. The van der Waals surface area contributed by atoms with E-state index >= 15 is 0 Å². The number of carbonyl (C=O) groups is 1. The first-order valence-electron chi connectivity index (χ1n) is 4.66. The minimum atomic E-state index is -0.700. The average molecular weight is 230 g/mol. The van der Waals surface area contributed by atoms with Crippen LogP contribution < -0.4 is 11.1 Å². The van der Waals surface area contributed by atoms with Crippen LogP contribution in [-0.4, -0.2) is 25.7 Å². The highest BCUT2D eigenvalue weighted by Crippen LogP contribution is 2.14. The fourth-order valence-electron chi connectivity index (χ4n) is 1.03. The molecule has 0 radical (unpaired) electrons. The summed E-state index contributed by atoms with van der Waals surface area (Å²) < 4.78 is 30.6. The molecule has 1 amide bonds. The summed E-state index contributed by atoms with van der Waals surface area (Å²) in [4.78, 5) is 11.2. The quantitative estimate of drug-likeness (QED) is 0.738. The number of nitrogens with two attached hydrogens (primary N) is 1. The maximum absolute atomic E-state index is 13.1. The Morgan fingerprint density at radius 2 is 2.19 bits per heavy atom. The van der Waals surface area contributed by atoms with Crippen molar-refractivity contribution in [3.05, 3.63) is 29.8 Å². The van der Waals surface area contributed by atoms with Crippen LogP contribution in [0.3, 0.4) is 0 Å². The van der Waals surface area contributed by atoms with Gasteiger partial charge in [-0.25, -0.2) is 8.78 Å². The van der Waals surface area contributed by atoms with Gasteiger partial charge in [0.1, 0.15) is 18.2 Å². The van der Waals surface area contributed by atoms with Gasteiger partial charge in [0.15, 0.2) is 0 Å². The number of rotatable bonds is 5. The second kappa shape index (κ2) is 6.14. The van der Waals surface area contributed by atoms with E-state index in [4.69, 9.17) is 10.5 Å². The third-order valence-corrected chi connectivity index (χ3v) is 1.70. The zero-order chi connectivity index (χ0) is 12.0. The number of amides is 1. The average Bonchev–Trinajstić information content (AvgIpc) is 2.24. The van der Waals surface area contributed by atoms with Crippen molar-refractivity contribution in [2.45, 2.75) is 0 Å². The Morgan fingerprint density at radius 1 is 1.44 bits per heavy atom. The molecule has 0 bridgehead atoms. The maximum atomic E-state index is 13.1. The molecule has 0 heterocycles. The summed E-state index contributed by atoms with van der Waals surface area (Å²) in [5.74, 6) is -1.88. The normalized spacial score (nSPS) is 10.2. The molecule has 0 unspecified atom stereocenters. The van der Waals surface area contributed by atoms with Gasteiger partial charge in [-0.1, -0.05) is 0 Å². The van der Waals surface area contributed by atoms with E-state index in [1.807, 2.05) is 0 Å². The lowest BCUT2D eigenvalue weighted by Gasteiger charge is -2.06. The standard InChI is InChI=1S/C10H12F2N2O2/c11-7-1-2-8(12)9(5-7)14-10(15)6-16-4-3-13/h1-2,5H,3-4,6,13H2,(H,14,15). The molecule has 1 rings (SSSR count). The molecule has 0 saturated carbocycles. The van der Waals surface area contributed by atoms with E-state index in [2.05, 4.69) is 5.32 Å². The zero-order valence-corrected chi connectivity index (χ0v) is 8.50. The molecule has 0 aliphatic rings. The second-order valence-electron chi connectivity index (χ2n) is 3.01. The Balaban J connectivity index is 2.52. The minimum absolute atomic E-state index is 0.207. The van der Waals surface area contributed by atoms with E-state index in [9.17, 15) is 13.6 Å². The lowest BCUT2D eigenvalue weighted by molar-refractivity contribution is -0.120. The Hall–Kier alpha value is -1.53. The first-order chi connectivity index (χ1) is 7.63. The van der Waals surface area contributed by atoms with Crippen LogP contribution in [-0.2, 0) is 9.53 Å². The minimum Gasteiger partial charge on any atom is -0.370 e. The van der Waals surface area contributed by atoms with Crippen LogP contribution in [0.25, 0.3) is 0 Å². The van der Waals surface area contributed by atoms with Crippen LogP contribution in [0.1, 0.15) is 0 Å². The molecule has 0 atom stereocenters. The third-order valence-electron chi connectivity index (χ3n) is 1.70. The Kier molecular flexibility index (Phi) is 4.81. The summed E-state index contributed by atoms with van der Waals surface area (Å²) in [5.41, 5.74) is 4.94. The van der Waals surface area contributed by atoms with Crippen molar-refractivity contribution in [2.75, 3.05) is 25.1 Å². The number of benzene rings is 1. The molecule has 0 aromatic heterocycles. The van der Waals surface area contributed by atoms with Crippen molar-refractivity contribution in [2.24, 2.45) is 5.73 Å². The predicted molar refractivity (Wildman–Crippen MR) is 54.9 cm³/mol. The number of halogens is 2. The highest BCUT2D eigenvalue weighted by atomic mass is 19.1. The van der Waals surface area contributed by atoms with Gasteiger partial charge in [0.2, 0.25) is 5.91 Å². The molecule has 88 valence electrons. The van der Waals surface area contributed by atoms with E-state index < -0.39 is 17.5 Å². The molecular weight excluding hydrogens is 218 g/mol. The van der Waals surface area contributed by atoms with E-state index in [0.29, 0.717) is 6.54 Å². The van der Waals surface area contributed by atoms with E-state index in [1.165, 1.54) is 0 Å². The van der Waals surface area contributed by atoms with E-state index in [-0.39, 0.29) is 18.9 Å². The highest BCUT2D eigenvalue weighted by Gasteiger charge is 2.07. The molecule has 0 aliphatic heterocycles. The number of anilines is 1. The lowest BCUT2D eigenvalue weighted by atomic mass is 10.3. The van der Waals surface area contributed by atoms with Crippen molar-refractivity contribution in [3.8, 4) is 0 Å². The molecule has 3 N–H and O–H groups in total. The fraction of sp³-hybridized carbons (Fsp3) is 0.300. The summed E-state index contributed by atoms with van der Waals surface area (Å²) in [5, 5.41) is 2.19. The van der Waals surface area contributed by atoms with Crippen molar-refractivity contribution < 1.29 is 18.3 Å². The summed E-state index contributed by atoms with van der Waals surface area (Å²) >= 11 is 0. The van der Waals surface area contributed by atoms with Gasteiger partial charge in [0, 0.05) is 12.6 Å². The molecule has 0 fully saturated rings. The van der Waals surface area contributed by atoms with Gasteiger partial charge in [0.05, 0.1) is 12.3 Å². The van der Waals surface area contributed by atoms with Gasteiger partial charge < -0.3 is 15.8 Å². The van der Waals surface area contributed by atoms with Crippen molar-refractivity contribution in [1.29, 1.82) is 0 Å². The number of ether oxygens (including phenoxy) is 1. The number of carbonyl (C=O) groups excluding carboxylic acids is 1. The van der Waals surface area contributed by atoms with Gasteiger partial charge >= 0.3 is 0 Å². The highest BCUT2D eigenvalue weighted by molar-refractivity contribution is 5.91. The summed E-state index contributed by atoms with van der Waals surface area (Å²) in [6, 6.07) is 2.80. The van der Waals surface area contributed by atoms with E-state index in [1.54, 1.807) is 0 Å². The molecule has 0 spiro atoms. The number of nitrogens with one attached hydrogen (secondary N) is 1. The molecular formula is C10H12F2N2O2. The van der Waals surface area contributed by atoms with Crippen LogP contribution >= 0.6 is 0 Å². The lowest BCUT2D eigenvalue weighted by Crippen LogP contribution is -2.21. The number of hydrogen-bond donors (Lipinski definition) is 2. The van der Waals surface area contributed by atoms with Crippen molar-refractivity contribution >= 4 is 11.6 Å². The molecule has 0 aliphatic carbocycles. The molecule has 16 heavy (non-hydrogen) atoms. The molecule has 1 aromatic carbocycles. The van der Waals surface area contributed by atoms with Crippen LogP contribution in [0.15, 0.2) is 18.2 Å². The SMILES string of the molecule is NCCOCC(=O)Nc1cc(F)ccc1F. The molecule has 4 nitrogen and oxygen atoms in total. The summed E-state index contributed by atoms with van der Waals surface area (Å²) in [6.07, 6.45) is 0. The zero-order valence-electron chi connectivity index (χ0n) is 8.50. The van der Waals surface area contributed by atoms with Crippen LogP contribution in [0, 0.1) is 11.6 Å². The fourth-order valence-corrected chi connectivity index (χ4v) is 1.03. The largest absolute Gasteiger partial charge is 0.370 e. The topological polar surface area (TPSA) is 64.3 Å². The first kappa shape index (κ1) is 12.5. The first-order valence-corrected chi connectivity index (χ1v) is 4.66. The van der Waals surface area contributed by atoms with Gasteiger partial charge in [-0.3, -0.25) is 4.79 Å². The van der Waals surface area contributed by atoms with Crippen molar-refractivity contribution in [1.82, 2.24) is 0 Å². The van der Waals surface area contributed by atoms with Gasteiger partial charge in [0.25, 0.3) is 0 Å². The molecule has 6 heteroatoms. The Labute approximate surface area is 91.4 Å². The van der Waals surface area contributed by atoms with Crippen LogP contribution in [0.5, 0.6) is 0 Å². The monoisotopic (exact) mass is 230 g/mol. The van der Waals surface area contributed by atoms with E-state index in [0.717, 1.165) is 18.2 Å².